The minimum atomic E-state index is -2.63. The highest BCUT2D eigenvalue weighted by Crippen LogP contribution is 2.42. The van der Waals surface area contributed by atoms with Crippen LogP contribution in [0.3, 0.4) is 0 Å². The van der Waals surface area contributed by atoms with Crippen LogP contribution in [0.2, 0.25) is 0 Å². The predicted octanol–water partition coefficient (Wildman–Crippen LogP) is 11.1. The highest BCUT2D eigenvalue weighted by Gasteiger charge is 2.53. The third kappa shape index (κ3) is 4.87. The van der Waals surface area contributed by atoms with Crippen molar-refractivity contribution >= 4 is 56.7 Å². The number of hydrogen-bond donors (Lipinski definition) is 0. The lowest BCUT2D eigenvalue weighted by atomic mass is 10.0. The number of fused-ring (bicyclic) bond motifs is 10. The number of rotatable bonds is 5. The van der Waals surface area contributed by atoms with Crippen LogP contribution in [-0.4, -0.2) is 8.07 Å². The van der Waals surface area contributed by atoms with E-state index < -0.39 is 8.07 Å². The van der Waals surface area contributed by atoms with Gasteiger partial charge in [-0.15, -0.1) is 0 Å². The van der Waals surface area contributed by atoms with Crippen molar-refractivity contribution in [2.24, 2.45) is 0 Å². The van der Waals surface area contributed by atoms with Gasteiger partial charge < -0.3 is 9.64 Å². The Hall–Kier alpha value is -6.94. The van der Waals surface area contributed by atoms with E-state index in [1.807, 2.05) is 0 Å². The third-order valence-corrected chi connectivity index (χ3v) is 16.5. The maximum atomic E-state index is 6.89. The molecule has 1 spiro atoms. The zero-order chi connectivity index (χ0) is 36.3. The Kier molecular flexibility index (Phi) is 7.22. The summed E-state index contributed by atoms with van der Waals surface area (Å²) in [6.07, 6.45) is 0. The normalized spacial score (nSPS) is 13.0. The standard InChI is InChI=1S/C52H35NOSi/c1-2-14-36(15-3-1)37-28-31-41(32-29-37)53(46-23-13-17-38-16-4-5-20-43(38)46)42-19-12-18-39(34-42)40-30-33-52-48(35-40)54-47-24-8-11-27-51(47)55(52)49-25-9-6-21-44(49)45-22-7-10-26-50(45)55/h1-35H. The van der Waals surface area contributed by atoms with Crippen LogP contribution in [0, 0.1) is 0 Å². The molecule has 0 aliphatic carbocycles. The average Bonchev–Trinajstić information content (AvgIpc) is 3.55. The molecule has 0 atom stereocenters. The maximum Gasteiger partial charge on any atom is 0.189 e. The molecule has 2 aliphatic heterocycles. The van der Waals surface area contributed by atoms with E-state index in [9.17, 15) is 0 Å². The van der Waals surface area contributed by atoms with E-state index in [4.69, 9.17) is 4.74 Å². The molecule has 0 radical (unpaired) electrons. The van der Waals surface area contributed by atoms with E-state index >= 15 is 0 Å². The summed E-state index contributed by atoms with van der Waals surface area (Å²) in [4.78, 5) is 2.39. The molecule has 9 aromatic rings. The van der Waals surface area contributed by atoms with Crippen LogP contribution in [0.5, 0.6) is 11.5 Å². The van der Waals surface area contributed by atoms with Crippen LogP contribution in [0.25, 0.3) is 44.2 Å². The molecule has 2 heterocycles. The molecule has 0 amide bonds. The van der Waals surface area contributed by atoms with Crippen LogP contribution in [0.15, 0.2) is 212 Å². The molecule has 2 nitrogen and oxygen atoms in total. The Labute approximate surface area is 322 Å². The summed E-state index contributed by atoms with van der Waals surface area (Å²) in [6, 6.07) is 77.4. The number of benzene rings is 9. The molecule has 0 aromatic heterocycles. The molecule has 0 fully saturated rings. The van der Waals surface area contributed by atoms with Crippen LogP contribution in [-0.2, 0) is 0 Å². The van der Waals surface area contributed by atoms with Gasteiger partial charge in [0.2, 0.25) is 0 Å². The number of para-hydroxylation sites is 1. The molecule has 258 valence electrons. The highest BCUT2D eigenvalue weighted by molar-refractivity contribution is 7.23. The van der Waals surface area contributed by atoms with Gasteiger partial charge >= 0.3 is 0 Å². The second kappa shape index (κ2) is 12.6. The average molecular weight is 718 g/mol. The smallest absolute Gasteiger partial charge is 0.189 e. The summed E-state index contributed by atoms with van der Waals surface area (Å²) in [5, 5.41) is 7.91. The van der Waals surface area contributed by atoms with Gasteiger partial charge in [-0.3, -0.25) is 0 Å². The Balaban J connectivity index is 1.06. The molecule has 55 heavy (non-hydrogen) atoms. The highest BCUT2D eigenvalue weighted by atomic mass is 28.3. The molecule has 0 saturated heterocycles. The Bertz CT molecular complexity index is 2870. The van der Waals surface area contributed by atoms with Crippen molar-refractivity contribution in [3.8, 4) is 44.9 Å². The first kappa shape index (κ1) is 31.6. The van der Waals surface area contributed by atoms with Gasteiger partial charge in [-0.2, -0.15) is 0 Å². The van der Waals surface area contributed by atoms with Crippen LogP contribution < -0.4 is 30.4 Å². The Morgan fingerprint density at radius 3 is 1.71 bits per heavy atom. The minimum Gasteiger partial charge on any atom is -0.458 e. The zero-order valence-electron chi connectivity index (χ0n) is 30.1. The SMILES string of the molecule is c1ccc(-c2ccc(N(c3cccc(-c4ccc5c(c4)Oc4ccccc4[Si]54c5ccccc5-c5ccccc54)c3)c3cccc4ccccc34)cc2)cc1. The van der Waals surface area contributed by atoms with E-state index in [2.05, 4.69) is 217 Å². The Morgan fingerprint density at radius 2 is 0.909 bits per heavy atom. The lowest BCUT2D eigenvalue weighted by Crippen LogP contribution is -2.74. The maximum absolute atomic E-state index is 6.89. The first-order valence-electron chi connectivity index (χ1n) is 18.9. The fourth-order valence-electron chi connectivity index (χ4n) is 9.13. The molecule has 2 aliphatic rings. The van der Waals surface area contributed by atoms with E-state index in [1.165, 1.54) is 53.8 Å². The fourth-order valence-corrected chi connectivity index (χ4v) is 14.5. The van der Waals surface area contributed by atoms with Gasteiger partial charge in [0.05, 0.1) is 5.69 Å². The van der Waals surface area contributed by atoms with Crippen molar-refractivity contribution in [3.63, 3.8) is 0 Å². The first-order valence-corrected chi connectivity index (χ1v) is 20.9. The number of nitrogens with zero attached hydrogens (tertiary/aromatic N) is 1. The van der Waals surface area contributed by atoms with Crippen molar-refractivity contribution in [2.45, 2.75) is 0 Å². The monoisotopic (exact) mass is 717 g/mol. The molecule has 0 unspecified atom stereocenters. The van der Waals surface area contributed by atoms with Crippen molar-refractivity contribution < 1.29 is 4.74 Å². The van der Waals surface area contributed by atoms with E-state index in [-0.39, 0.29) is 0 Å². The zero-order valence-corrected chi connectivity index (χ0v) is 31.1. The topological polar surface area (TPSA) is 12.5 Å². The van der Waals surface area contributed by atoms with Crippen molar-refractivity contribution in [2.75, 3.05) is 4.90 Å². The van der Waals surface area contributed by atoms with Gasteiger partial charge in [0.25, 0.3) is 0 Å². The fraction of sp³-hybridized carbons (Fsp3) is 0. The number of ether oxygens (including phenoxy) is 1. The van der Waals surface area contributed by atoms with Gasteiger partial charge in [0.1, 0.15) is 11.5 Å². The summed E-state index contributed by atoms with van der Waals surface area (Å²) < 4.78 is 6.89. The first-order chi connectivity index (χ1) is 27.3. The predicted molar refractivity (Wildman–Crippen MR) is 232 cm³/mol. The summed E-state index contributed by atoms with van der Waals surface area (Å²) in [5.74, 6) is 1.90. The molecular formula is C52H35NOSi. The number of anilines is 3. The largest absolute Gasteiger partial charge is 0.458 e. The third-order valence-electron chi connectivity index (χ3n) is 11.5. The van der Waals surface area contributed by atoms with Gasteiger partial charge in [-0.05, 0) is 102 Å². The van der Waals surface area contributed by atoms with Crippen molar-refractivity contribution in [1.29, 1.82) is 0 Å². The quantitative estimate of drug-likeness (QED) is 0.164. The second-order valence-corrected chi connectivity index (χ2v) is 18.1. The van der Waals surface area contributed by atoms with Gasteiger partial charge in [-0.25, -0.2) is 0 Å². The van der Waals surface area contributed by atoms with E-state index in [0.717, 1.165) is 39.7 Å². The minimum absolute atomic E-state index is 0.946. The molecular weight excluding hydrogens is 683 g/mol. The molecule has 0 saturated carbocycles. The van der Waals surface area contributed by atoms with Crippen LogP contribution >= 0.6 is 0 Å². The van der Waals surface area contributed by atoms with Gasteiger partial charge in [0.15, 0.2) is 8.07 Å². The van der Waals surface area contributed by atoms with Gasteiger partial charge in [-0.1, -0.05) is 170 Å². The van der Waals surface area contributed by atoms with Crippen LogP contribution in [0.4, 0.5) is 17.1 Å². The van der Waals surface area contributed by atoms with E-state index in [1.54, 1.807) is 0 Å². The van der Waals surface area contributed by atoms with Crippen LogP contribution in [0.1, 0.15) is 0 Å². The molecule has 0 N–H and O–H groups in total. The second-order valence-electron chi connectivity index (χ2n) is 14.4. The van der Waals surface area contributed by atoms with Gasteiger partial charge in [0, 0.05) is 16.8 Å². The summed E-state index contributed by atoms with van der Waals surface area (Å²) >= 11 is 0. The van der Waals surface area contributed by atoms with E-state index in [0.29, 0.717) is 0 Å². The Morgan fingerprint density at radius 1 is 0.345 bits per heavy atom. The molecule has 0 bridgehead atoms. The molecule has 11 rings (SSSR count). The molecule has 9 aromatic carbocycles. The van der Waals surface area contributed by atoms with Crippen molar-refractivity contribution in [3.05, 3.63) is 212 Å². The summed E-state index contributed by atoms with van der Waals surface area (Å²) in [7, 11) is -2.63. The molecule has 3 heteroatoms. The number of hydrogen-bond acceptors (Lipinski definition) is 2. The summed E-state index contributed by atoms with van der Waals surface area (Å²) in [5.41, 5.74) is 10.7. The van der Waals surface area contributed by atoms with Crippen molar-refractivity contribution in [1.82, 2.24) is 0 Å². The lowest BCUT2D eigenvalue weighted by molar-refractivity contribution is 0.487. The lowest BCUT2D eigenvalue weighted by Gasteiger charge is -2.37. The summed E-state index contributed by atoms with van der Waals surface area (Å²) in [6.45, 7) is 0.